The molecular formula is C20H24N2O4. The van der Waals surface area contributed by atoms with Crippen LogP contribution in [-0.2, 0) is 16.0 Å². The van der Waals surface area contributed by atoms with E-state index in [4.69, 9.17) is 9.47 Å². The van der Waals surface area contributed by atoms with E-state index in [0.29, 0.717) is 31.0 Å². The van der Waals surface area contributed by atoms with Crippen LogP contribution in [0.5, 0.6) is 5.75 Å². The molecule has 138 valence electrons. The van der Waals surface area contributed by atoms with Crippen molar-refractivity contribution in [1.82, 2.24) is 5.32 Å². The number of benzene rings is 2. The Hall–Kier alpha value is -2.86. The lowest BCUT2D eigenvalue weighted by Crippen LogP contribution is -2.28. The summed E-state index contributed by atoms with van der Waals surface area (Å²) in [5, 5.41) is 5.61. The van der Waals surface area contributed by atoms with E-state index in [1.807, 2.05) is 19.1 Å². The zero-order valence-corrected chi connectivity index (χ0v) is 15.1. The Kier molecular flexibility index (Phi) is 7.64. The number of rotatable bonds is 9. The van der Waals surface area contributed by atoms with Crippen LogP contribution in [0.2, 0.25) is 0 Å². The van der Waals surface area contributed by atoms with Gasteiger partial charge in [-0.25, -0.2) is 0 Å². The van der Waals surface area contributed by atoms with Gasteiger partial charge < -0.3 is 20.1 Å². The van der Waals surface area contributed by atoms with Crippen LogP contribution in [0.3, 0.4) is 0 Å². The van der Waals surface area contributed by atoms with E-state index < -0.39 is 0 Å². The maximum absolute atomic E-state index is 12.3. The normalized spacial score (nSPS) is 10.2. The number of carbonyl (C=O) groups excluding carboxylic acids is 2. The van der Waals surface area contributed by atoms with Gasteiger partial charge in [-0.2, -0.15) is 0 Å². The number of nitrogens with one attached hydrogen (secondary N) is 2. The van der Waals surface area contributed by atoms with Gasteiger partial charge >= 0.3 is 0 Å². The molecule has 6 heteroatoms. The van der Waals surface area contributed by atoms with Crippen LogP contribution >= 0.6 is 0 Å². The van der Waals surface area contributed by atoms with Gasteiger partial charge in [0.15, 0.2) is 0 Å². The van der Waals surface area contributed by atoms with Crippen molar-refractivity contribution in [3.05, 3.63) is 59.7 Å². The zero-order chi connectivity index (χ0) is 18.8. The molecule has 0 spiro atoms. The summed E-state index contributed by atoms with van der Waals surface area (Å²) in [6, 6.07) is 14.2. The third-order valence-corrected chi connectivity index (χ3v) is 3.63. The number of methoxy groups -OCH3 is 1. The second-order valence-electron chi connectivity index (χ2n) is 5.63. The molecule has 6 nitrogen and oxygen atoms in total. The number of amides is 2. The molecular weight excluding hydrogens is 332 g/mol. The van der Waals surface area contributed by atoms with Crippen LogP contribution in [0.1, 0.15) is 22.8 Å². The number of hydrogen-bond donors (Lipinski definition) is 2. The summed E-state index contributed by atoms with van der Waals surface area (Å²) in [5.74, 6) is 0.475. The van der Waals surface area contributed by atoms with Crippen molar-refractivity contribution < 1.29 is 19.1 Å². The molecule has 2 rings (SSSR count). The maximum Gasteiger partial charge on any atom is 0.255 e. The van der Waals surface area contributed by atoms with Crippen molar-refractivity contribution in [2.75, 3.05) is 32.2 Å². The summed E-state index contributed by atoms with van der Waals surface area (Å²) in [5.41, 5.74) is 2.10. The Morgan fingerprint density at radius 3 is 2.31 bits per heavy atom. The summed E-state index contributed by atoms with van der Waals surface area (Å²) in [7, 11) is 1.59. The topological polar surface area (TPSA) is 76.7 Å². The molecule has 0 heterocycles. The highest BCUT2D eigenvalue weighted by molar-refractivity contribution is 6.04. The minimum absolute atomic E-state index is 0.0618. The van der Waals surface area contributed by atoms with E-state index in [0.717, 1.165) is 11.3 Å². The summed E-state index contributed by atoms with van der Waals surface area (Å²) < 4.78 is 10.3. The van der Waals surface area contributed by atoms with E-state index >= 15 is 0 Å². The zero-order valence-electron chi connectivity index (χ0n) is 15.1. The lowest BCUT2D eigenvalue weighted by atomic mass is 10.1. The highest BCUT2D eigenvalue weighted by Gasteiger charge is 2.07. The summed E-state index contributed by atoms with van der Waals surface area (Å²) in [4.78, 5) is 24.0. The Morgan fingerprint density at radius 1 is 1.00 bits per heavy atom. The quantitative estimate of drug-likeness (QED) is 0.677. The summed E-state index contributed by atoms with van der Waals surface area (Å²) in [6.45, 7) is 3.48. The molecule has 0 atom stereocenters. The van der Waals surface area contributed by atoms with E-state index in [1.54, 1.807) is 43.5 Å². The molecule has 0 aliphatic heterocycles. The Morgan fingerprint density at radius 2 is 1.69 bits per heavy atom. The molecule has 0 fully saturated rings. The summed E-state index contributed by atoms with van der Waals surface area (Å²) >= 11 is 0. The monoisotopic (exact) mass is 356 g/mol. The molecule has 0 aliphatic rings. The second kappa shape index (κ2) is 10.2. The lowest BCUT2D eigenvalue weighted by molar-refractivity contribution is -0.120. The van der Waals surface area contributed by atoms with Crippen LogP contribution < -0.4 is 15.4 Å². The molecule has 2 N–H and O–H groups in total. The van der Waals surface area contributed by atoms with Gasteiger partial charge in [0.05, 0.1) is 19.6 Å². The van der Waals surface area contributed by atoms with Crippen LogP contribution in [0.15, 0.2) is 48.5 Å². The van der Waals surface area contributed by atoms with Crippen LogP contribution in [0, 0.1) is 0 Å². The van der Waals surface area contributed by atoms with Gasteiger partial charge in [-0.15, -0.1) is 0 Å². The minimum atomic E-state index is -0.196. The minimum Gasteiger partial charge on any atom is -0.494 e. The molecule has 0 aromatic heterocycles. The molecule has 0 bridgehead atoms. The summed E-state index contributed by atoms with van der Waals surface area (Å²) in [6.07, 6.45) is 0.289. The number of hydrogen-bond acceptors (Lipinski definition) is 4. The van der Waals surface area contributed by atoms with Gasteiger partial charge in [-0.1, -0.05) is 12.1 Å². The van der Waals surface area contributed by atoms with Gasteiger partial charge in [0.25, 0.3) is 5.91 Å². The predicted molar refractivity (Wildman–Crippen MR) is 101 cm³/mol. The van der Waals surface area contributed by atoms with Crippen LogP contribution in [-0.4, -0.2) is 38.7 Å². The SMILES string of the molecule is CCOc1ccc(C(=O)Nc2ccc(CC(=O)NCCOC)cc2)cc1. The first kappa shape index (κ1) is 19.5. The number of carbonyl (C=O) groups is 2. The lowest BCUT2D eigenvalue weighted by Gasteiger charge is -2.08. The van der Waals surface area contributed by atoms with E-state index in [2.05, 4.69) is 10.6 Å². The Bertz CT molecular complexity index is 712. The van der Waals surface area contributed by atoms with Crippen molar-refractivity contribution in [3.8, 4) is 5.75 Å². The molecule has 26 heavy (non-hydrogen) atoms. The van der Waals surface area contributed by atoms with E-state index in [1.165, 1.54) is 0 Å². The highest BCUT2D eigenvalue weighted by atomic mass is 16.5. The Balaban J connectivity index is 1.87. The molecule has 0 unspecified atom stereocenters. The first-order valence-electron chi connectivity index (χ1n) is 8.51. The van der Waals surface area contributed by atoms with Crippen molar-refractivity contribution in [2.45, 2.75) is 13.3 Å². The van der Waals surface area contributed by atoms with Gasteiger partial charge in [0, 0.05) is 24.9 Å². The molecule has 0 radical (unpaired) electrons. The molecule has 0 saturated heterocycles. The molecule has 0 saturated carbocycles. The van der Waals surface area contributed by atoms with Crippen LogP contribution in [0.4, 0.5) is 5.69 Å². The third kappa shape index (κ3) is 6.22. The third-order valence-electron chi connectivity index (χ3n) is 3.63. The fraction of sp³-hybridized carbons (Fsp3) is 0.300. The van der Waals surface area contributed by atoms with E-state index in [-0.39, 0.29) is 18.2 Å². The number of anilines is 1. The average molecular weight is 356 g/mol. The maximum atomic E-state index is 12.3. The van der Waals surface area contributed by atoms with Crippen molar-refractivity contribution >= 4 is 17.5 Å². The Labute approximate surface area is 153 Å². The first-order chi connectivity index (χ1) is 12.6. The predicted octanol–water partition coefficient (Wildman–Crippen LogP) is 2.64. The van der Waals surface area contributed by atoms with Crippen molar-refractivity contribution in [3.63, 3.8) is 0 Å². The van der Waals surface area contributed by atoms with Crippen LogP contribution in [0.25, 0.3) is 0 Å². The van der Waals surface area contributed by atoms with Gasteiger partial charge in [0.1, 0.15) is 5.75 Å². The van der Waals surface area contributed by atoms with Gasteiger partial charge in [-0.3, -0.25) is 9.59 Å². The number of ether oxygens (including phenoxy) is 2. The van der Waals surface area contributed by atoms with Crippen molar-refractivity contribution in [1.29, 1.82) is 0 Å². The average Bonchev–Trinajstić information content (AvgIpc) is 2.64. The standard InChI is InChI=1S/C20H24N2O4/c1-3-26-18-10-6-16(7-11-18)20(24)22-17-8-4-15(5-9-17)14-19(23)21-12-13-25-2/h4-11H,3,12-14H2,1-2H3,(H,21,23)(H,22,24). The fourth-order valence-electron chi connectivity index (χ4n) is 2.32. The van der Waals surface area contributed by atoms with Gasteiger partial charge in [0.2, 0.25) is 5.91 Å². The second-order valence-corrected chi connectivity index (χ2v) is 5.63. The largest absolute Gasteiger partial charge is 0.494 e. The first-order valence-corrected chi connectivity index (χ1v) is 8.51. The molecule has 2 aromatic rings. The van der Waals surface area contributed by atoms with Crippen molar-refractivity contribution in [2.24, 2.45) is 0 Å². The molecule has 2 amide bonds. The smallest absolute Gasteiger partial charge is 0.255 e. The van der Waals surface area contributed by atoms with Gasteiger partial charge in [-0.05, 0) is 48.9 Å². The highest BCUT2D eigenvalue weighted by Crippen LogP contribution is 2.15. The fourth-order valence-corrected chi connectivity index (χ4v) is 2.32. The molecule has 2 aromatic carbocycles. The van der Waals surface area contributed by atoms with E-state index in [9.17, 15) is 9.59 Å². The molecule has 0 aliphatic carbocycles.